The second kappa shape index (κ2) is 7.39. The lowest BCUT2D eigenvalue weighted by Gasteiger charge is -2.14. The Morgan fingerprint density at radius 3 is 2.54 bits per heavy atom. The van der Waals surface area contributed by atoms with E-state index in [2.05, 4.69) is 33.8 Å². The molecule has 1 aromatic heterocycles. The average molecular weight is 360 g/mol. The van der Waals surface area contributed by atoms with Crippen LogP contribution in [0.1, 0.15) is 24.2 Å². The zero-order valence-electron chi connectivity index (χ0n) is 13.4. The number of halogens is 2. The van der Waals surface area contributed by atoms with Gasteiger partial charge in [0, 0.05) is 23.2 Å². The van der Waals surface area contributed by atoms with Crippen LogP contribution in [0.5, 0.6) is 0 Å². The van der Waals surface area contributed by atoms with Gasteiger partial charge < -0.3 is 10.3 Å². The molecule has 2 N–H and O–H groups in total. The SMILES string of the molecule is CC(N)c1c(-c2ccc(Cl)cc2Cl)ncn1CCc1ccccc1. The summed E-state index contributed by atoms with van der Waals surface area (Å²) >= 11 is 12.3. The van der Waals surface area contributed by atoms with Gasteiger partial charge in [0.25, 0.3) is 0 Å². The minimum Gasteiger partial charge on any atom is -0.332 e. The Morgan fingerprint density at radius 1 is 1.12 bits per heavy atom. The van der Waals surface area contributed by atoms with Gasteiger partial charge in [0.1, 0.15) is 0 Å². The maximum absolute atomic E-state index is 6.35. The van der Waals surface area contributed by atoms with Crippen molar-refractivity contribution < 1.29 is 0 Å². The highest BCUT2D eigenvalue weighted by Crippen LogP contribution is 2.33. The van der Waals surface area contributed by atoms with E-state index in [4.69, 9.17) is 28.9 Å². The van der Waals surface area contributed by atoms with Crippen molar-refractivity contribution in [2.45, 2.75) is 25.9 Å². The summed E-state index contributed by atoms with van der Waals surface area (Å²) in [4.78, 5) is 4.57. The highest BCUT2D eigenvalue weighted by atomic mass is 35.5. The van der Waals surface area contributed by atoms with E-state index in [1.807, 2.05) is 31.5 Å². The van der Waals surface area contributed by atoms with Gasteiger partial charge in [-0.15, -0.1) is 0 Å². The average Bonchev–Trinajstić information content (AvgIpc) is 2.98. The van der Waals surface area contributed by atoms with Gasteiger partial charge in [-0.3, -0.25) is 0 Å². The molecule has 0 aliphatic rings. The Morgan fingerprint density at radius 2 is 1.88 bits per heavy atom. The van der Waals surface area contributed by atoms with Gasteiger partial charge in [-0.2, -0.15) is 0 Å². The molecule has 1 unspecified atom stereocenters. The quantitative estimate of drug-likeness (QED) is 0.686. The number of aromatic nitrogens is 2. The number of imidazole rings is 1. The smallest absolute Gasteiger partial charge is 0.0956 e. The lowest BCUT2D eigenvalue weighted by Crippen LogP contribution is -2.14. The van der Waals surface area contributed by atoms with Crippen LogP contribution in [0.4, 0.5) is 0 Å². The number of hydrogen-bond donors (Lipinski definition) is 1. The van der Waals surface area contributed by atoms with Crippen LogP contribution in [0.25, 0.3) is 11.3 Å². The van der Waals surface area contributed by atoms with Crippen LogP contribution in [0.3, 0.4) is 0 Å². The summed E-state index contributed by atoms with van der Waals surface area (Å²) in [5, 5.41) is 1.19. The molecule has 0 aliphatic carbocycles. The molecule has 0 spiro atoms. The molecule has 3 aromatic rings. The van der Waals surface area contributed by atoms with Crippen molar-refractivity contribution in [1.29, 1.82) is 0 Å². The van der Waals surface area contributed by atoms with Crippen molar-refractivity contribution in [2.24, 2.45) is 5.73 Å². The third kappa shape index (κ3) is 3.64. The van der Waals surface area contributed by atoms with Gasteiger partial charge in [-0.25, -0.2) is 4.98 Å². The number of nitrogens with zero attached hydrogens (tertiary/aromatic N) is 2. The minimum atomic E-state index is -0.148. The Kier molecular flexibility index (Phi) is 5.24. The molecule has 0 saturated heterocycles. The van der Waals surface area contributed by atoms with Gasteiger partial charge in [0.2, 0.25) is 0 Å². The van der Waals surface area contributed by atoms with E-state index >= 15 is 0 Å². The van der Waals surface area contributed by atoms with Gasteiger partial charge in [-0.05, 0) is 37.1 Å². The number of aryl methyl sites for hydroxylation is 2. The van der Waals surface area contributed by atoms with E-state index in [-0.39, 0.29) is 6.04 Å². The number of rotatable bonds is 5. The molecule has 0 bridgehead atoms. The Labute approximate surface area is 152 Å². The first-order valence-electron chi connectivity index (χ1n) is 7.86. The topological polar surface area (TPSA) is 43.8 Å². The second-order valence-corrected chi connectivity index (χ2v) is 6.66. The van der Waals surface area contributed by atoms with Gasteiger partial charge in [0.15, 0.2) is 0 Å². The van der Waals surface area contributed by atoms with Crippen LogP contribution in [-0.2, 0) is 13.0 Å². The third-order valence-corrected chi connectivity index (χ3v) is 4.53. The Bertz CT molecular complexity index is 826. The highest BCUT2D eigenvalue weighted by Gasteiger charge is 2.18. The molecular weight excluding hydrogens is 341 g/mol. The summed E-state index contributed by atoms with van der Waals surface area (Å²) in [6.45, 7) is 2.78. The lowest BCUT2D eigenvalue weighted by molar-refractivity contribution is 0.625. The Balaban J connectivity index is 1.93. The monoisotopic (exact) mass is 359 g/mol. The first kappa shape index (κ1) is 17.0. The van der Waals surface area contributed by atoms with Crippen LogP contribution in [0, 0.1) is 0 Å². The number of hydrogen-bond acceptors (Lipinski definition) is 2. The molecule has 0 radical (unpaired) electrons. The molecule has 1 heterocycles. The zero-order valence-corrected chi connectivity index (χ0v) is 14.9. The van der Waals surface area contributed by atoms with Crippen LogP contribution in [0.15, 0.2) is 54.9 Å². The first-order chi connectivity index (χ1) is 11.6. The number of nitrogens with two attached hydrogens (primary N) is 1. The predicted octanol–water partition coefficient (Wildman–Crippen LogP) is 5.12. The van der Waals surface area contributed by atoms with Crippen LogP contribution >= 0.6 is 23.2 Å². The summed E-state index contributed by atoms with van der Waals surface area (Å²) < 4.78 is 2.11. The largest absolute Gasteiger partial charge is 0.332 e. The maximum Gasteiger partial charge on any atom is 0.0956 e. The van der Waals surface area contributed by atoms with Gasteiger partial charge >= 0.3 is 0 Å². The van der Waals surface area contributed by atoms with Gasteiger partial charge in [0.05, 0.1) is 22.7 Å². The summed E-state index contributed by atoms with van der Waals surface area (Å²) in [5.41, 5.74) is 10.2. The fraction of sp³-hybridized carbons (Fsp3) is 0.211. The Hall–Kier alpha value is -1.81. The summed E-state index contributed by atoms with van der Waals surface area (Å²) in [5.74, 6) is 0. The van der Waals surface area contributed by atoms with E-state index in [0.717, 1.165) is 29.9 Å². The first-order valence-corrected chi connectivity index (χ1v) is 8.62. The summed E-state index contributed by atoms with van der Waals surface area (Å²) in [6.07, 6.45) is 2.76. The summed E-state index contributed by atoms with van der Waals surface area (Å²) in [6, 6.07) is 15.7. The predicted molar refractivity (Wildman–Crippen MR) is 100 cm³/mol. The van der Waals surface area contributed by atoms with E-state index in [1.54, 1.807) is 6.07 Å². The van der Waals surface area contributed by atoms with Crippen molar-refractivity contribution in [3.8, 4) is 11.3 Å². The van der Waals surface area contributed by atoms with E-state index < -0.39 is 0 Å². The molecule has 0 saturated carbocycles. The fourth-order valence-corrected chi connectivity index (χ4v) is 3.33. The van der Waals surface area contributed by atoms with Crippen molar-refractivity contribution in [3.05, 3.63) is 76.2 Å². The summed E-state index contributed by atoms with van der Waals surface area (Å²) in [7, 11) is 0. The van der Waals surface area contributed by atoms with E-state index in [1.165, 1.54) is 5.56 Å². The van der Waals surface area contributed by atoms with Crippen LogP contribution in [0.2, 0.25) is 10.0 Å². The molecular formula is C19H19Cl2N3. The molecule has 3 rings (SSSR count). The molecule has 0 aliphatic heterocycles. The molecule has 0 amide bonds. The standard InChI is InChI=1S/C19H19Cl2N3/c1-13(22)19-18(16-8-7-15(20)11-17(16)21)23-12-24(19)10-9-14-5-3-2-4-6-14/h2-8,11-13H,9-10,22H2,1H3. The molecule has 3 nitrogen and oxygen atoms in total. The van der Waals surface area contributed by atoms with Crippen LogP contribution < -0.4 is 5.73 Å². The van der Waals surface area contributed by atoms with E-state index in [9.17, 15) is 0 Å². The minimum absolute atomic E-state index is 0.148. The van der Waals surface area contributed by atoms with Gasteiger partial charge in [-0.1, -0.05) is 53.5 Å². The molecule has 5 heteroatoms. The molecule has 0 fully saturated rings. The molecule has 124 valence electrons. The second-order valence-electron chi connectivity index (χ2n) is 5.82. The zero-order chi connectivity index (χ0) is 17.1. The maximum atomic E-state index is 6.35. The van der Waals surface area contributed by atoms with Crippen molar-refractivity contribution in [3.63, 3.8) is 0 Å². The normalized spacial score (nSPS) is 12.3. The third-order valence-electron chi connectivity index (χ3n) is 3.98. The molecule has 2 aromatic carbocycles. The fourth-order valence-electron chi connectivity index (χ4n) is 2.83. The van der Waals surface area contributed by atoms with Crippen molar-refractivity contribution in [1.82, 2.24) is 9.55 Å². The molecule has 24 heavy (non-hydrogen) atoms. The van der Waals surface area contributed by atoms with E-state index in [0.29, 0.717) is 10.0 Å². The van der Waals surface area contributed by atoms with Crippen LogP contribution in [-0.4, -0.2) is 9.55 Å². The molecule has 1 atom stereocenters. The van der Waals surface area contributed by atoms with Crippen molar-refractivity contribution in [2.75, 3.05) is 0 Å². The highest BCUT2D eigenvalue weighted by molar-refractivity contribution is 6.36. The lowest BCUT2D eigenvalue weighted by atomic mass is 10.1. The van der Waals surface area contributed by atoms with Crippen molar-refractivity contribution >= 4 is 23.2 Å². The number of benzene rings is 2.